The Morgan fingerprint density at radius 3 is 2.81 bits per heavy atom. The van der Waals surface area contributed by atoms with Crippen LogP contribution in [0.4, 0.5) is 5.13 Å². The topological polar surface area (TPSA) is 53.4 Å². The van der Waals surface area contributed by atoms with Crippen LogP contribution < -0.4 is 4.90 Å². The lowest BCUT2D eigenvalue weighted by Crippen LogP contribution is -2.26. The van der Waals surface area contributed by atoms with Crippen LogP contribution in [0.15, 0.2) is 0 Å². The van der Waals surface area contributed by atoms with Gasteiger partial charge in [0.05, 0.1) is 5.69 Å². The van der Waals surface area contributed by atoms with Gasteiger partial charge in [-0.05, 0) is 18.8 Å². The number of hydrogen-bond donors (Lipinski definition) is 1. The predicted molar refractivity (Wildman–Crippen MR) is 91.1 cm³/mol. The van der Waals surface area contributed by atoms with Gasteiger partial charge in [0.2, 0.25) is 0 Å². The molecule has 1 saturated heterocycles. The van der Waals surface area contributed by atoms with Gasteiger partial charge in [0, 0.05) is 23.6 Å². The van der Waals surface area contributed by atoms with Gasteiger partial charge in [0.1, 0.15) is 4.88 Å². The average molecular weight is 329 g/mol. The molecule has 1 fully saturated rings. The smallest absolute Gasteiger partial charge is 0.347 e. The quantitative estimate of drug-likeness (QED) is 0.902. The van der Waals surface area contributed by atoms with Crippen molar-refractivity contribution >= 4 is 34.2 Å². The summed E-state index contributed by atoms with van der Waals surface area (Å²) in [5.74, 6) is 0.408. The summed E-state index contributed by atoms with van der Waals surface area (Å²) in [6.45, 7) is 10.6. The molecule has 0 amide bonds. The first-order chi connectivity index (χ1) is 9.84. The highest BCUT2D eigenvalue weighted by molar-refractivity contribution is 8.00. The van der Waals surface area contributed by atoms with Gasteiger partial charge in [-0.3, -0.25) is 0 Å². The van der Waals surface area contributed by atoms with E-state index in [0.29, 0.717) is 9.62 Å². The molecule has 2 rings (SSSR count). The van der Waals surface area contributed by atoms with Crippen LogP contribution in [0.2, 0.25) is 0 Å². The van der Waals surface area contributed by atoms with E-state index in [1.807, 2.05) is 18.7 Å². The molecular formula is C15H24N2O2S2. The fourth-order valence-electron chi connectivity index (χ4n) is 2.35. The maximum atomic E-state index is 11.5. The summed E-state index contributed by atoms with van der Waals surface area (Å²) in [4.78, 5) is 18.8. The van der Waals surface area contributed by atoms with Gasteiger partial charge in [0.25, 0.3) is 0 Å². The summed E-state index contributed by atoms with van der Waals surface area (Å²) >= 11 is 3.32. The number of hydrogen-bond acceptors (Lipinski definition) is 5. The minimum Gasteiger partial charge on any atom is -0.477 e. The Bertz CT molecular complexity index is 514. The number of nitrogens with zero attached hydrogens (tertiary/aromatic N) is 2. The standard InChI is InChI=1S/C15H24N2O2S2/c1-5-10(2)11-12(13(18)19)21-14(16-11)17-7-6-15(3,4)20-9-8-17/h10H,5-9H2,1-4H3,(H,18,19). The van der Waals surface area contributed by atoms with Crippen LogP contribution in [0.25, 0.3) is 0 Å². The van der Waals surface area contributed by atoms with Crippen molar-refractivity contribution in [3.05, 3.63) is 10.6 Å². The lowest BCUT2D eigenvalue weighted by Gasteiger charge is -2.22. The third-order valence-corrected chi connectivity index (χ3v) is 6.52. The summed E-state index contributed by atoms with van der Waals surface area (Å²) in [5, 5.41) is 10.3. The highest BCUT2D eigenvalue weighted by Crippen LogP contribution is 2.36. The van der Waals surface area contributed by atoms with Gasteiger partial charge in [0.15, 0.2) is 5.13 Å². The molecule has 118 valence electrons. The number of aromatic nitrogens is 1. The summed E-state index contributed by atoms with van der Waals surface area (Å²) in [6.07, 6.45) is 2.00. The average Bonchev–Trinajstić information content (AvgIpc) is 2.78. The van der Waals surface area contributed by atoms with Crippen molar-refractivity contribution in [3.63, 3.8) is 0 Å². The van der Waals surface area contributed by atoms with Crippen LogP contribution in [0.1, 0.15) is 61.8 Å². The molecule has 0 spiro atoms. The van der Waals surface area contributed by atoms with Crippen LogP contribution in [0.5, 0.6) is 0 Å². The number of thioether (sulfide) groups is 1. The van der Waals surface area contributed by atoms with Gasteiger partial charge in [-0.2, -0.15) is 11.8 Å². The van der Waals surface area contributed by atoms with Gasteiger partial charge in [-0.15, -0.1) is 0 Å². The van der Waals surface area contributed by atoms with Crippen LogP contribution in [-0.2, 0) is 0 Å². The first-order valence-electron chi connectivity index (χ1n) is 7.47. The molecule has 6 heteroatoms. The Labute approximate surface area is 135 Å². The van der Waals surface area contributed by atoms with Crippen LogP contribution in [0, 0.1) is 0 Å². The van der Waals surface area contributed by atoms with E-state index >= 15 is 0 Å². The van der Waals surface area contributed by atoms with E-state index in [1.165, 1.54) is 11.3 Å². The van der Waals surface area contributed by atoms with Crippen molar-refractivity contribution in [3.8, 4) is 0 Å². The fraction of sp³-hybridized carbons (Fsp3) is 0.733. The Morgan fingerprint density at radius 2 is 2.19 bits per heavy atom. The molecule has 1 aliphatic rings. The summed E-state index contributed by atoms with van der Waals surface area (Å²) < 4.78 is 0.293. The van der Waals surface area contributed by atoms with Crippen molar-refractivity contribution < 1.29 is 9.90 Å². The normalized spacial score (nSPS) is 20.1. The molecule has 1 unspecified atom stereocenters. The lowest BCUT2D eigenvalue weighted by atomic mass is 10.0. The molecule has 0 aliphatic carbocycles. The fourth-order valence-corrected chi connectivity index (χ4v) is 4.52. The van der Waals surface area contributed by atoms with E-state index in [9.17, 15) is 9.90 Å². The molecule has 0 radical (unpaired) electrons. The van der Waals surface area contributed by atoms with Crippen LogP contribution in [0.3, 0.4) is 0 Å². The van der Waals surface area contributed by atoms with Crippen molar-refractivity contribution in [2.24, 2.45) is 0 Å². The van der Waals surface area contributed by atoms with Crippen LogP contribution >= 0.6 is 23.1 Å². The number of carboxylic acids is 1. The van der Waals surface area contributed by atoms with Crippen molar-refractivity contribution in [2.75, 3.05) is 23.7 Å². The zero-order valence-corrected chi connectivity index (χ0v) is 14.8. The summed E-state index contributed by atoms with van der Waals surface area (Å²) in [7, 11) is 0. The second-order valence-corrected chi connectivity index (χ2v) is 8.95. The molecule has 0 bridgehead atoms. The first-order valence-corrected chi connectivity index (χ1v) is 9.27. The van der Waals surface area contributed by atoms with Crippen molar-refractivity contribution in [1.29, 1.82) is 0 Å². The largest absolute Gasteiger partial charge is 0.477 e. The zero-order chi connectivity index (χ0) is 15.6. The summed E-state index contributed by atoms with van der Waals surface area (Å²) in [5.41, 5.74) is 0.751. The van der Waals surface area contributed by atoms with Gasteiger partial charge in [-0.1, -0.05) is 39.0 Å². The number of aromatic carboxylic acids is 1. The van der Waals surface area contributed by atoms with E-state index in [0.717, 1.165) is 42.5 Å². The number of anilines is 1. The van der Waals surface area contributed by atoms with E-state index < -0.39 is 5.97 Å². The van der Waals surface area contributed by atoms with E-state index in [1.54, 1.807) is 0 Å². The van der Waals surface area contributed by atoms with Gasteiger partial charge in [-0.25, -0.2) is 9.78 Å². The maximum absolute atomic E-state index is 11.5. The molecule has 0 saturated carbocycles. The number of thiazole rings is 1. The molecule has 4 nitrogen and oxygen atoms in total. The number of carboxylic acid groups (broad SMARTS) is 1. The highest BCUT2D eigenvalue weighted by atomic mass is 32.2. The molecule has 2 heterocycles. The Balaban J connectivity index is 2.26. The predicted octanol–water partition coefficient (Wildman–Crippen LogP) is 4.08. The maximum Gasteiger partial charge on any atom is 0.347 e. The Hall–Kier alpha value is -0.750. The molecule has 1 N–H and O–H groups in total. The molecule has 21 heavy (non-hydrogen) atoms. The van der Waals surface area contributed by atoms with E-state index in [2.05, 4.69) is 30.7 Å². The second-order valence-electron chi connectivity index (χ2n) is 6.17. The molecule has 1 aliphatic heterocycles. The molecule has 0 aromatic carbocycles. The first kappa shape index (κ1) is 16.6. The minimum absolute atomic E-state index is 0.193. The Kier molecular flexibility index (Phi) is 5.20. The third kappa shape index (κ3) is 3.92. The van der Waals surface area contributed by atoms with Gasteiger partial charge < -0.3 is 10.0 Å². The molecule has 1 aromatic heterocycles. The second kappa shape index (κ2) is 6.57. The highest BCUT2D eigenvalue weighted by Gasteiger charge is 2.27. The van der Waals surface area contributed by atoms with Gasteiger partial charge >= 0.3 is 5.97 Å². The number of rotatable bonds is 4. The van der Waals surface area contributed by atoms with Crippen LogP contribution in [-0.4, -0.2) is 39.6 Å². The monoisotopic (exact) mass is 328 g/mol. The van der Waals surface area contributed by atoms with Crippen molar-refractivity contribution in [1.82, 2.24) is 4.98 Å². The molecule has 1 atom stereocenters. The van der Waals surface area contributed by atoms with E-state index in [-0.39, 0.29) is 5.92 Å². The zero-order valence-electron chi connectivity index (χ0n) is 13.2. The SMILES string of the molecule is CCC(C)c1nc(N2CCSC(C)(C)CC2)sc1C(=O)O. The molecular weight excluding hydrogens is 304 g/mol. The Morgan fingerprint density at radius 1 is 1.48 bits per heavy atom. The van der Waals surface area contributed by atoms with Crippen molar-refractivity contribution in [2.45, 2.75) is 51.2 Å². The number of carbonyl (C=O) groups is 1. The summed E-state index contributed by atoms with van der Waals surface area (Å²) in [6, 6.07) is 0. The minimum atomic E-state index is -0.849. The van der Waals surface area contributed by atoms with E-state index in [4.69, 9.17) is 0 Å². The third-order valence-electron chi connectivity index (χ3n) is 4.02. The lowest BCUT2D eigenvalue weighted by molar-refractivity contribution is 0.0700. The molecule has 1 aromatic rings.